The Labute approximate surface area is 134 Å². The first-order valence-electron chi connectivity index (χ1n) is 7.03. The number of hydrogen-bond acceptors (Lipinski definition) is 4. The van der Waals surface area contributed by atoms with Gasteiger partial charge in [-0.2, -0.15) is 0 Å². The summed E-state index contributed by atoms with van der Waals surface area (Å²) in [5.41, 5.74) is 0.333. The first-order chi connectivity index (χ1) is 11.2. The fourth-order valence-corrected chi connectivity index (χ4v) is 2.03. The fraction of sp³-hybridized carbons (Fsp3) is 0.235. The van der Waals surface area contributed by atoms with Crippen molar-refractivity contribution in [3.05, 3.63) is 53.8 Å². The molecule has 0 aliphatic carbocycles. The number of methoxy groups -OCH3 is 2. The predicted molar refractivity (Wildman–Crippen MR) is 83.8 cm³/mol. The average molecular weight is 319 g/mol. The highest BCUT2D eigenvalue weighted by molar-refractivity contribution is 5.99. The first kappa shape index (κ1) is 16.6. The maximum Gasteiger partial charge on any atom is 0.258 e. The lowest BCUT2D eigenvalue weighted by Gasteiger charge is -2.13. The molecule has 0 radical (unpaired) electrons. The van der Waals surface area contributed by atoms with Gasteiger partial charge < -0.3 is 19.5 Å². The minimum atomic E-state index is -0.325. The van der Waals surface area contributed by atoms with Crippen LogP contribution in [0.25, 0.3) is 0 Å². The Morgan fingerprint density at radius 2 is 1.65 bits per heavy atom. The van der Waals surface area contributed by atoms with Crippen LogP contribution in [0.5, 0.6) is 17.2 Å². The summed E-state index contributed by atoms with van der Waals surface area (Å²) in [7, 11) is 2.98. The van der Waals surface area contributed by atoms with Gasteiger partial charge in [-0.1, -0.05) is 6.07 Å². The molecule has 1 amide bonds. The zero-order chi connectivity index (χ0) is 16.7. The maximum atomic E-state index is 12.8. The van der Waals surface area contributed by atoms with Crippen molar-refractivity contribution in [2.24, 2.45) is 0 Å². The summed E-state index contributed by atoms with van der Waals surface area (Å²) >= 11 is 0. The van der Waals surface area contributed by atoms with E-state index in [0.717, 1.165) is 0 Å². The fourth-order valence-electron chi connectivity index (χ4n) is 2.03. The van der Waals surface area contributed by atoms with E-state index in [1.54, 1.807) is 18.2 Å². The van der Waals surface area contributed by atoms with Crippen LogP contribution in [0, 0.1) is 5.82 Å². The zero-order valence-electron chi connectivity index (χ0n) is 13.0. The van der Waals surface area contributed by atoms with Crippen LogP contribution in [0.1, 0.15) is 10.4 Å². The van der Waals surface area contributed by atoms with Crippen LogP contribution in [-0.2, 0) is 0 Å². The molecule has 6 heteroatoms. The number of benzene rings is 2. The lowest BCUT2D eigenvalue weighted by atomic mass is 10.1. The summed E-state index contributed by atoms with van der Waals surface area (Å²) in [6.07, 6.45) is 0. The topological polar surface area (TPSA) is 56.8 Å². The van der Waals surface area contributed by atoms with Crippen molar-refractivity contribution >= 4 is 5.91 Å². The summed E-state index contributed by atoms with van der Waals surface area (Å²) in [5.74, 6) is 0.758. The molecular weight excluding hydrogens is 301 g/mol. The van der Waals surface area contributed by atoms with Crippen LogP contribution in [0.2, 0.25) is 0 Å². The van der Waals surface area contributed by atoms with E-state index in [0.29, 0.717) is 22.8 Å². The Balaban J connectivity index is 1.91. The molecule has 0 spiro atoms. The van der Waals surface area contributed by atoms with E-state index in [4.69, 9.17) is 14.2 Å². The maximum absolute atomic E-state index is 12.8. The summed E-state index contributed by atoms with van der Waals surface area (Å²) in [5, 5.41) is 2.73. The molecule has 122 valence electrons. The summed E-state index contributed by atoms with van der Waals surface area (Å²) < 4.78 is 28.6. The van der Waals surface area contributed by atoms with Crippen molar-refractivity contribution < 1.29 is 23.4 Å². The summed E-state index contributed by atoms with van der Waals surface area (Å²) in [6, 6.07) is 10.8. The molecule has 0 unspecified atom stereocenters. The lowest BCUT2D eigenvalue weighted by molar-refractivity contribution is 0.0940. The van der Waals surface area contributed by atoms with Crippen LogP contribution < -0.4 is 19.5 Å². The molecule has 2 aromatic rings. The zero-order valence-corrected chi connectivity index (χ0v) is 13.0. The van der Waals surface area contributed by atoms with Gasteiger partial charge in [-0.3, -0.25) is 4.79 Å². The molecule has 2 rings (SSSR count). The summed E-state index contributed by atoms with van der Waals surface area (Å²) in [4.78, 5) is 12.3. The lowest BCUT2D eigenvalue weighted by Crippen LogP contribution is -2.28. The van der Waals surface area contributed by atoms with Crippen LogP contribution in [0.3, 0.4) is 0 Å². The number of ether oxygens (including phenoxy) is 3. The molecule has 23 heavy (non-hydrogen) atoms. The van der Waals surface area contributed by atoms with Crippen molar-refractivity contribution in [1.82, 2.24) is 5.32 Å². The van der Waals surface area contributed by atoms with E-state index in [1.165, 1.54) is 38.5 Å². The molecule has 0 aromatic heterocycles. The molecule has 0 heterocycles. The van der Waals surface area contributed by atoms with E-state index in [9.17, 15) is 9.18 Å². The molecule has 0 aliphatic heterocycles. The Morgan fingerprint density at radius 3 is 2.22 bits per heavy atom. The van der Waals surface area contributed by atoms with E-state index < -0.39 is 0 Å². The van der Waals surface area contributed by atoms with Crippen LogP contribution in [0.4, 0.5) is 4.39 Å². The second-order valence-electron chi connectivity index (χ2n) is 4.60. The number of hydrogen-bond donors (Lipinski definition) is 1. The highest BCUT2D eigenvalue weighted by atomic mass is 19.1. The number of rotatable bonds is 7. The van der Waals surface area contributed by atoms with Crippen LogP contribution in [-0.4, -0.2) is 33.3 Å². The van der Waals surface area contributed by atoms with E-state index in [2.05, 4.69) is 5.32 Å². The molecule has 0 saturated carbocycles. The molecule has 0 bridgehead atoms. The smallest absolute Gasteiger partial charge is 0.258 e. The van der Waals surface area contributed by atoms with Crippen molar-refractivity contribution in [2.45, 2.75) is 0 Å². The molecule has 0 aliphatic rings. The monoisotopic (exact) mass is 319 g/mol. The molecule has 2 aromatic carbocycles. The number of amides is 1. The molecule has 0 saturated heterocycles. The minimum absolute atomic E-state index is 0.259. The Morgan fingerprint density at radius 1 is 1.04 bits per heavy atom. The highest BCUT2D eigenvalue weighted by Gasteiger charge is 2.17. The van der Waals surface area contributed by atoms with Gasteiger partial charge >= 0.3 is 0 Å². The third kappa shape index (κ3) is 4.35. The molecule has 0 fully saturated rings. The average Bonchev–Trinajstić information content (AvgIpc) is 2.59. The van der Waals surface area contributed by atoms with Gasteiger partial charge in [0.05, 0.1) is 20.8 Å². The molecule has 0 atom stereocenters. The first-order valence-corrected chi connectivity index (χ1v) is 7.03. The van der Waals surface area contributed by atoms with Crippen LogP contribution in [0.15, 0.2) is 42.5 Å². The highest BCUT2D eigenvalue weighted by Crippen LogP contribution is 2.27. The number of nitrogens with one attached hydrogen (secondary N) is 1. The van der Waals surface area contributed by atoms with Crippen LogP contribution >= 0.6 is 0 Å². The normalized spacial score (nSPS) is 10.0. The third-order valence-corrected chi connectivity index (χ3v) is 3.12. The van der Waals surface area contributed by atoms with Crippen molar-refractivity contribution in [1.29, 1.82) is 0 Å². The van der Waals surface area contributed by atoms with Crippen molar-refractivity contribution in [2.75, 3.05) is 27.4 Å². The SMILES string of the molecule is COc1cccc(OC)c1C(=O)NCCOc1ccc(F)cc1. The third-order valence-electron chi connectivity index (χ3n) is 3.12. The van der Waals surface area contributed by atoms with E-state index in [-0.39, 0.29) is 24.9 Å². The Hall–Kier alpha value is -2.76. The van der Waals surface area contributed by atoms with Crippen molar-refractivity contribution in [3.8, 4) is 17.2 Å². The van der Waals surface area contributed by atoms with Gasteiger partial charge in [0.15, 0.2) is 0 Å². The van der Waals surface area contributed by atoms with Gasteiger partial charge in [-0.25, -0.2) is 4.39 Å². The second-order valence-corrected chi connectivity index (χ2v) is 4.60. The Kier molecular flexibility index (Phi) is 5.80. The molecule has 1 N–H and O–H groups in total. The predicted octanol–water partition coefficient (Wildman–Crippen LogP) is 2.65. The number of carbonyl (C=O) groups excluding carboxylic acids is 1. The minimum Gasteiger partial charge on any atom is -0.496 e. The van der Waals surface area contributed by atoms with E-state index >= 15 is 0 Å². The van der Waals surface area contributed by atoms with Gasteiger partial charge in [0, 0.05) is 0 Å². The second kappa shape index (κ2) is 8.03. The number of halogens is 1. The van der Waals surface area contributed by atoms with Gasteiger partial charge in [-0.15, -0.1) is 0 Å². The van der Waals surface area contributed by atoms with Gasteiger partial charge in [-0.05, 0) is 36.4 Å². The number of carbonyl (C=O) groups is 1. The van der Waals surface area contributed by atoms with E-state index in [1.807, 2.05) is 0 Å². The van der Waals surface area contributed by atoms with Gasteiger partial charge in [0.25, 0.3) is 5.91 Å². The molecule has 5 nitrogen and oxygen atoms in total. The van der Waals surface area contributed by atoms with Crippen molar-refractivity contribution in [3.63, 3.8) is 0 Å². The quantitative estimate of drug-likeness (QED) is 0.797. The molecular formula is C17H18FNO4. The van der Waals surface area contributed by atoms with Gasteiger partial charge in [0.1, 0.15) is 35.2 Å². The Bertz CT molecular complexity index is 636. The summed E-state index contributed by atoms with van der Waals surface area (Å²) in [6.45, 7) is 0.548. The van der Waals surface area contributed by atoms with Gasteiger partial charge in [0.2, 0.25) is 0 Å². The largest absolute Gasteiger partial charge is 0.496 e. The standard InChI is InChI=1S/C17H18FNO4/c1-21-14-4-3-5-15(22-2)16(14)17(20)19-10-11-23-13-8-6-12(18)7-9-13/h3-9H,10-11H2,1-2H3,(H,19,20).